The lowest BCUT2D eigenvalue weighted by Crippen LogP contribution is -2.55. The van der Waals surface area contributed by atoms with Crippen molar-refractivity contribution < 1.29 is 4.79 Å². The number of piperidine rings is 1. The standard InChI is InChI=1S/C16H30N4O/c1-2-18-10-12-19(13-11-18)16(21)15-4-3-9-20(15)14-5-7-17-8-6-14/h14-15,17H,2-13H2,1H3. The van der Waals surface area contributed by atoms with Gasteiger partial charge in [0.2, 0.25) is 5.91 Å². The highest BCUT2D eigenvalue weighted by Crippen LogP contribution is 2.26. The quantitative estimate of drug-likeness (QED) is 0.816. The molecule has 3 rings (SSSR count). The van der Waals surface area contributed by atoms with Gasteiger partial charge in [-0.1, -0.05) is 6.92 Å². The number of hydrogen-bond acceptors (Lipinski definition) is 4. The SMILES string of the molecule is CCN1CCN(C(=O)C2CCCN2C2CCNCC2)CC1. The van der Waals surface area contributed by atoms with E-state index in [1.54, 1.807) is 0 Å². The molecule has 3 aliphatic rings. The Morgan fingerprint density at radius 1 is 1.05 bits per heavy atom. The number of hydrogen-bond donors (Lipinski definition) is 1. The molecule has 0 spiro atoms. The first-order valence-corrected chi connectivity index (χ1v) is 8.77. The number of piperazine rings is 1. The molecule has 1 atom stereocenters. The zero-order chi connectivity index (χ0) is 14.7. The number of amides is 1. The molecule has 3 heterocycles. The van der Waals surface area contributed by atoms with Gasteiger partial charge in [-0.2, -0.15) is 0 Å². The largest absolute Gasteiger partial charge is 0.339 e. The van der Waals surface area contributed by atoms with E-state index in [2.05, 4.69) is 26.9 Å². The number of carbonyl (C=O) groups is 1. The zero-order valence-electron chi connectivity index (χ0n) is 13.4. The number of likely N-dealkylation sites (tertiary alicyclic amines) is 1. The van der Waals surface area contributed by atoms with Crippen LogP contribution in [-0.4, -0.2) is 85.0 Å². The van der Waals surface area contributed by atoms with Gasteiger partial charge < -0.3 is 15.1 Å². The second kappa shape index (κ2) is 7.07. The van der Waals surface area contributed by atoms with Crippen LogP contribution in [0.15, 0.2) is 0 Å². The minimum Gasteiger partial charge on any atom is -0.339 e. The Hall–Kier alpha value is -0.650. The number of carbonyl (C=O) groups excluding carboxylic acids is 1. The normalized spacial score (nSPS) is 30.0. The summed E-state index contributed by atoms with van der Waals surface area (Å²) in [7, 11) is 0. The molecule has 21 heavy (non-hydrogen) atoms. The Kier molecular flexibility index (Phi) is 5.14. The maximum atomic E-state index is 12.9. The molecule has 0 aromatic heterocycles. The van der Waals surface area contributed by atoms with Gasteiger partial charge in [-0.3, -0.25) is 9.69 Å². The molecule has 0 bridgehead atoms. The van der Waals surface area contributed by atoms with Crippen LogP contribution in [0.25, 0.3) is 0 Å². The third kappa shape index (κ3) is 3.41. The van der Waals surface area contributed by atoms with Crippen molar-refractivity contribution in [1.29, 1.82) is 0 Å². The van der Waals surface area contributed by atoms with Gasteiger partial charge in [0.1, 0.15) is 0 Å². The summed E-state index contributed by atoms with van der Waals surface area (Å²) in [6, 6.07) is 0.793. The lowest BCUT2D eigenvalue weighted by molar-refractivity contribution is -0.138. The molecule has 0 saturated carbocycles. The van der Waals surface area contributed by atoms with Crippen molar-refractivity contribution in [3.05, 3.63) is 0 Å². The van der Waals surface area contributed by atoms with E-state index in [9.17, 15) is 4.79 Å². The second-order valence-corrected chi connectivity index (χ2v) is 6.64. The van der Waals surface area contributed by atoms with Gasteiger partial charge in [0.15, 0.2) is 0 Å². The fourth-order valence-corrected chi connectivity index (χ4v) is 4.12. The van der Waals surface area contributed by atoms with E-state index >= 15 is 0 Å². The van der Waals surface area contributed by atoms with Gasteiger partial charge >= 0.3 is 0 Å². The molecule has 120 valence electrons. The molecule has 3 fully saturated rings. The van der Waals surface area contributed by atoms with Crippen molar-refractivity contribution >= 4 is 5.91 Å². The van der Waals surface area contributed by atoms with Crippen molar-refractivity contribution in [2.24, 2.45) is 0 Å². The third-order valence-electron chi connectivity index (χ3n) is 5.49. The summed E-state index contributed by atoms with van der Waals surface area (Å²) < 4.78 is 0. The van der Waals surface area contributed by atoms with E-state index in [0.717, 1.165) is 58.8 Å². The maximum Gasteiger partial charge on any atom is 0.240 e. The number of rotatable bonds is 3. The first-order valence-electron chi connectivity index (χ1n) is 8.77. The van der Waals surface area contributed by atoms with E-state index in [0.29, 0.717) is 11.9 Å². The lowest BCUT2D eigenvalue weighted by Gasteiger charge is -2.39. The average molecular weight is 294 g/mol. The van der Waals surface area contributed by atoms with Crippen molar-refractivity contribution in [2.75, 3.05) is 52.4 Å². The highest BCUT2D eigenvalue weighted by molar-refractivity contribution is 5.82. The summed E-state index contributed by atoms with van der Waals surface area (Å²) in [6.07, 6.45) is 4.66. The maximum absolute atomic E-state index is 12.9. The summed E-state index contributed by atoms with van der Waals surface area (Å²) >= 11 is 0. The summed E-state index contributed by atoms with van der Waals surface area (Å²) in [4.78, 5) is 20.0. The molecule has 1 amide bonds. The van der Waals surface area contributed by atoms with Crippen LogP contribution in [0.1, 0.15) is 32.6 Å². The molecular weight excluding hydrogens is 264 g/mol. The second-order valence-electron chi connectivity index (χ2n) is 6.64. The van der Waals surface area contributed by atoms with Crippen LogP contribution in [0.2, 0.25) is 0 Å². The number of nitrogens with one attached hydrogen (secondary N) is 1. The number of likely N-dealkylation sites (N-methyl/N-ethyl adjacent to an activating group) is 1. The Morgan fingerprint density at radius 2 is 1.76 bits per heavy atom. The van der Waals surface area contributed by atoms with E-state index in [1.165, 1.54) is 19.3 Å². The van der Waals surface area contributed by atoms with E-state index < -0.39 is 0 Å². The summed E-state index contributed by atoms with van der Waals surface area (Å²) in [5, 5.41) is 3.43. The van der Waals surface area contributed by atoms with E-state index in [1.807, 2.05) is 0 Å². The highest BCUT2D eigenvalue weighted by atomic mass is 16.2. The van der Waals surface area contributed by atoms with Crippen molar-refractivity contribution in [3.8, 4) is 0 Å². The van der Waals surface area contributed by atoms with Gasteiger partial charge in [0, 0.05) is 32.2 Å². The van der Waals surface area contributed by atoms with Gasteiger partial charge in [-0.15, -0.1) is 0 Å². The molecule has 1 N–H and O–H groups in total. The summed E-state index contributed by atoms with van der Waals surface area (Å²) in [5.41, 5.74) is 0. The van der Waals surface area contributed by atoms with Crippen LogP contribution in [0.4, 0.5) is 0 Å². The lowest BCUT2D eigenvalue weighted by atomic mass is 10.0. The molecule has 3 aliphatic heterocycles. The van der Waals surface area contributed by atoms with E-state index in [-0.39, 0.29) is 6.04 Å². The van der Waals surface area contributed by atoms with Crippen LogP contribution >= 0.6 is 0 Å². The highest BCUT2D eigenvalue weighted by Gasteiger charge is 2.38. The molecule has 3 saturated heterocycles. The molecular formula is C16H30N4O. The summed E-state index contributed by atoms with van der Waals surface area (Å²) in [6.45, 7) is 10.6. The monoisotopic (exact) mass is 294 g/mol. The average Bonchev–Trinajstić information content (AvgIpc) is 3.04. The van der Waals surface area contributed by atoms with Crippen LogP contribution in [-0.2, 0) is 4.79 Å². The first-order chi connectivity index (χ1) is 10.3. The van der Waals surface area contributed by atoms with Gasteiger partial charge in [-0.05, 0) is 51.9 Å². The fraction of sp³-hybridized carbons (Fsp3) is 0.938. The first kappa shape index (κ1) is 15.3. The van der Waals surface area contributed by atoms with Crippen molar-refractivity contribution in [2.45, 2.75) is 44.7 Å². The predicted octanol–water partition coefficient (Wildman–Crippen LogP) is 0.367. The molecule has 0 radical (unpaired) electrons. The van der Waals surface area contributed by atoms with Crippen molar-refractivity contribution in [3.63, 3.8) is 0 Å². The smallest absolute Gasteiger partial charge is 0.240 e. The predicted molar refractivity (Wildman–Crippen MR) is 84.3 cm³/mol. The van der Waals surface area contributed by atoms with Gasteiger partial charge in [0.25, 0.3) is 0 Å². The Balaban J connectivity index is 1.58. The molecule has 5 heteroatoms. The Bertz CT molecular complexity index is 348. The van der Waals surface area contributed by atoms with Crippen LogP contribution in [0, 0.1) is 0 Å². The molecule has 0 aliphatic carbocycles. The fourth-order valence-electron chi connectivity index (χ4n) is 4.12. The third-order valence-corrected chi connectivity index (χ3v) is 5.49. The molecule has 0 aromatic rings. The van der Waals surface area contributed by atoms with Gasteiger partial charge in [0.05, 0.1) is 6.04 Å². The Morgan fingerprint density at radius 3 is 2.43 bits per heavy atom. The minimum atomic E-state index is 0.168. The topological polar surface area (TPSA) is 38.8 Å². The van der Waals surface area contributed by atoms with E-state index in [4.69, 9.17) is 0 Å². The summed E-state index contributed by atoms with van der Waals surface area (Å²) in [5.74, 6) is 0.404. The van der Waals surface area contributed by atoms with Gasteiger partial charge in [-0.25, -0.2) is 0 Å². The molecule has 1 unspecified atom stereocenters. The molecule has 5 nitrogen and oxygen atoms in total. The van der Waals surface area contributed by atoms with Crippen molar-refractivity contribution in [1.82, 2.24) is 20.0 Å². The number of nitrogens with zero attached hydrogens (tertiary/aromatic N) is 3. The Labute approximate surface area is 128 Å². The van der Waals surface area contributed by atoms with Crippen LogP contribution in [0.3, 0.4) is 0 Å². The minimum absolute atomic E-state index is 0.168. The van der Waals surface area contributed by atoms with Crippen LogP contribution in [0.5, 0.6) is 0 Å². The van der Waals surface area contributed by atoms with Crippen LogP contribution < -0.4 is 5.32 Å². The zero-order valence-corrected chi connectivity index (χ0v) is 13.4. The molecule has 0 aromatic carbocycles.